The Kier molecular flexibility index (Phi) is 19.2. The Bertz CT molecular complexity index is 682. The van der Waals surface area contributed by atoms with Gasteiger partial charge in [-0.05, 0) is 30.1 Å². The van der Waals surface area contributed by atoms with Crippen LogP contribution in [-0.2, 0) is 14.1 Å². The third-order valence-electron chi connectivity index (χ3n) is 2.33. The third-order valence-corrected chi connectivity index (χ3v) is 2.33. The Hall–Kier alpha value is -2.37. The van der Waals surface area contributed by atoms with Gasteiger partial charge in [0.05, 0.1) is 12.7 Å². The van der Waals surface area contributed by atoms with E-state index in [1.807, 2.05) is 49.5 Å². The van der Waals surface area contributed by atoms with Crippen molar-refractivity contribution in [3.8, 4) is 0 Å². The van der Waals surface area contributed by atoms with Crippen molar-refractivity contribution in [2.24, 2.45) is 30.3 Å². The molecule has 198 valence electrons. The van der Waals surface area contributed by atoms with Crippen molar-refractivity contribution in [1.29, 1.82) is 0 Å². The Morgan fingerprint density at radius 2 is 1.12 bits per heavy atom. The second-order valence-corrected chi connectivity index (χ2v) is 13.0. The van der Waals surface area contributed by atoms with Gasteiger partial charge in [0.25, 0.3) is 0 Å². The van der Waals surface area contributed by atoms with Crippen LogP contribution in [0.3, 0.4) is 0 Å². The van der Waals surface area contributed by atoms with Crippen molar-refractivity contribution in [2.75, 3.05) is 0 Å². The van der Waals surface area contributed by atoms with Crippen LogP contribution >= 0.6 is 0 Å². The van der Waals surface area contributed by atoms with Crippen molar-refractivity contribution in [3.63, 3.8) is 0 Å². The number of aromatic nitrogens is 6. The van der Waals surface area contributed by atoms with E-state index in [0.717, 1.165) is 5.82 Å². The lowest BCUT2D eigenvalue weighted by Crippen LogP contribution is -1.93. The normalized spacial score (nSPS) is 10.4. The van der Waals surface area contributed by atoms with Crippen LogP contribution < -0.4 is 0 Å². The van der Waals surface area contributed by atoms with Gasteiger partial charge in [-0.25, -0.2) is 15.0 Å². The molecule has 6 nitrogen and oxygen atoms in total. The van der Waals surface area contributed by atoms with Crippen LogP contribution in [0.25, 0.3) is 0 Å². The summed E-state index contributed by atoms with van der Waals surface area (Å²) in [5, 5.41) is 0. The molecule has 0 saturated carbocycles. The smallest absolute Gasteiger partial charge is 0.102 e. The summed E-state index contributed by atoms with van der Waals surface area (Å²) in [6, 6.07) is 0. The van der Waals surface area contributed by atoms with Crippen molar-refractivity contribution in [3.05, 3.63) is 55.2 Å². The number of aryl methyl sites for hydroxylation is 4. The molecule has 0 aromatic carbocycles. The quantitative estimate of drug-likeness (QED) is 0.357. The van der Waals surface area contributed by atoms with Crippen molar-refractivity contribution in [1.82, 2.24) is 29.1 Å². The van der Waals surface area contributed by atoms with E-state index in [1.165, 1.54) is 5.69 Å². The maximum atomic E-state index is 3.88. The van der Waals surface area contributed by atoms with E-state index in [-0.39, 0.29) is 0 Å². The first-order valence-corrected chi connectivity index (χ1v) is 11.9. The molecule has 3 rings (SSSR count). The Morgan fingerprint density at radius 3 is 1.21 bits per heavy atom. The molecule has 0 spiro atoms. The molecule has 0 fully saturated rings. The monoisotopic (exact) mass is 476 g/mol. The number of imidazole rings is 3. The summed E-state index contributed by atoms with van der Waals surface area (Å²) < 4.78 is 3.86. The fourth-order valence-electron chi connectivity index (χ4n) is 1.09. The first-order chi connectivity index (χ1) is 15.1. The molecule has 0 aliphatic carbocycles. The Labute approximate surface area is 211 Å². The van der Waals surface area contributed by atoms with Crippen molar-refractivity contribution in [2.45, 2.75) is 96.9 Å². The molecule has 3 aromatic heterocycles. The lowest BCUT2D eigenvalue weighted by molar-refractivity contribution is 0.469. The second kappa shape index (κ2) is 18.0. The van der Waals surface area contributed by atoms with Crippen LogP contribution in [0.2, 0.25) is 0 Å². The average molecular weight is 477 g/mol. The van der Waals surface area contributed by atoms with Gasteiger partial charge in [0.2, 0.25) is 0 Å². The fourth-order valence-corrected chi connectivity index (χ4v) is 1.09. The third kappa shape index (κ3) is 51.9. The number of hydrogen-bond acceptors (Lipinski definition) is 3. The number of nitrogens with one attached hydrogen (secondary N) is 1. The molecular weight excluding hydrogens is 420 g/mol. The minimum Gasteiger partial charge on any atom is -0.349 e. The first-order valence-electron chi connectivity index (χ1n) is 11.9. The maximum absolute atomic E-state index is 3.88. The van der Waals surface area contributed by atoms with E-state index in [1.54, 1.807) is 31.2 Å². The lowest BCUT2D eigenvalue weighted by Gasteiger charge is -2.05. The van der Waals surface area contributed by atoms with E-state index in [2.05, 4.69) is 103 Å². The number of aromatic amines is 1. The van der Waals surface area contributed by atoms with E-state index in [9.17, 15) is 0 Å². The van der Waals surface area contributed by atoms with E-state index < -0.39 is 0 Å². The minimum atomic E-state index is 0.500. The van der Waals surface area contributed by atoms with Gasteiger partial charge in [0.1, 0.15) is 5.82 Å². The van der Waals surface area contributed by atoms with Crippen molar-refractivity contribution >= 4 is 0 Å². The van der Waals surface area contributed by atoms with Crippen LogP contribution in [-0.4, -0.2) is 29.1 Å². The molecule has 0 bridgehead atoms. The molecule has 3 heterocycles. The molecule has 0 unspecified atom stereocenters. The summed E-state index contributed by atoms with van der Waals surface area (Å²) in [5.41, 5.74) is 2.69. The van der Waals surface area contributed by atoms with Gasteiger partial charge in [-0.2, -0.15) is 0 Å². The number of H-pyrrole nitrogens is 1. The zero-order valence-electron chi connectivity index (χ0n) is 25.3. The summed E-state index contributed by atoms with van der Waals surface area (Å²) in [5.74, 6) is 0.968. The highest BCUT2D eigenvalue weighted by Gasteiger charge is 1.96. The minimum absolute atomic E-state index is 0.500. The maximum Gasteiger partial charge on any atom is 0.102 e. The van der Waals surface area contributed by atoms with Gasteiger partial charge in [0.15, 0.2) is 0 Å². The Morgan fingerprint density at radius 1 is 0.676 bits per heavy atom. The summed E-state index contributed by atoms with van der Waals surface area (Å²) in [7, 11) is 3.91. The van der Waals surface area contributed by atoms with Crippen LogP contribution in [0, 0.1) is 30.1 Å². The standard InChI is InChI=1S/C5H8N2.3C5H12.2C4H6N2/c1-5-3-6-4-7(5)2;3*1-5(2,3)4;1-6-3-2-5-4-6;1-4-5-2-3-6-4/h3-4H,1-2H3;3*1-4H3;2-4H,1H3;2-3H,1H3,(H,5,6). The lowest BCUT2D eigenvalue weighted by atomic mass is 10.0. The molecule has 0 aliphatic rings. The molecular formula is C28H56N6. The highest BCUT2D eigenvalue weighted by molar-refractivity contribution is 4.91. The average Bonchev–Trinajstić information content (AvgIpc) is 3.31. The highest BCUT2D eigenvalue weighted by atomic mass is 15.0. The van der Waals surface area contributed by atoms with Gasteiger partial charge < -0.3 is 14.1 Å². The number of nitrogens with zero attached hydrogens (tertiary/aromatic N) is 5. The number of rotatable bonds is 0. The molecule has 0 atom stereocenters. The van der Waals surface area contributed by atoms with Gasteiger partial charge in [-0.1, -0.05) is 83.1 Å². The van der Waals surface area contributed by atoms with Crippen LogP contribution in [0.4, 0.5) is 0 Å². The summed E-state index contributed by atoms with van der Waals surface area (Å²) >= 11 is 0. The molecule has 3 aromatic rings. The molecule has 34 heavy (non-hydrogen) atoms. The van der Waals surface area contributed by atoms with Gasteiger partial charge in [0, 0.05) is 50.8 Å². The van der Waals surface area contributed by atoms with Gasteiger partial charge in [-0.3, -0.25) is 0 Å². The van der Waals surface area contributed by atoms with Crippen LogP contribution in [0.15, 0.2) is 43.6 Å². The molecule has 1 N–H and O–H groups in total. The van der Waals surface area contributed by atoms with Crippen LogP contribution in [0.5, 0.6) is 0 Å². The summed E-state index contributed by atoms with van der Waals surface area (Å²) in [4.78, 5) is 14.4. The summed E-state index contributed by atoms with van der Waals surface area (Å²) in [6.07, 6.45) is 12.5. The largest absolute Gasteiger partial charge is 0.349 e. The zero-order chi connectivity index (χ0) is 27.6. The molecule has 6 heteroatoms. The fraction of sp³-hybridized carbons (Fsp3) is 0.679. The molecule has 0 amide bonds. The molecule has 0 radical (unpaired) electrons. The second-order valence-electron chi connectivity index (χ2n) is 13.0. The highest BCUT2D eigenvalue weighted by Crippen LogP contribution is 2.08. The summed E-state index contributed by atoms with van der Waals surface area (Å²) in [6.45, 7) is 30.2. The van der Waals surface area contributed by atoms with Gasteiger partial charge >= 0.3 is 0 Å². The SMILES string of the molecule is CC(C)(C)C.CC(C)(C)C.CC(C)(C)C.Cc1cncn1C.Cc1ncc[nH]1.Cn1ccnc1. The predicted molar refractivity (Wildman–Crippen MR) is 150 cm³/mol. The first kappa shape index (κ1) is 36.2. The topological polar surface area (TPSA) is 64.3 Å². The predicted octanol–water partition coefficient (Wildman–Crippen LogP) is 8.02. The van der Waals surface area contributed by atoms with Gasteiger partial charge in [-0.15, -0.1) is 0 Å². The molecule has 0 aliphatic heterocycles. The van der Waals surface area contributed by atoms with E-state index >= 15 is 0 Å². The number of hydrogen-bond donors (Lipinski definition) is 1. The molecule has 0 saturated heterocycles. The van der Waals surface area contributed by atoms with E-state index in [0.29, 0.717) is 16.2 Å². The van der Waals surface area contributed by atoms with E-state index in [4.69, 9.17) is 0 Å². The Balaban J connectivity index is -0.000000342. The zero-order valence-corrected chi connectivity index (χ0v) is 25.3. The van der Waals surface area contributed by atoms with Crippen LogP contribution in [0.1, 0.15) is 94.6 Å². The van der Waals surface area contributed by atoms with Crippen molar-refractivity contribution < 1.29 is 0 Å².